The van der Waals surface area contributed by atoms with E-state index >= 15 is 0 Å². The van der Waals surface area contributed by atoms with Crippen LogP contribution in [0.2, 0.25) is 0 Å². The van der Waals surface area contributed by atoms with E-state index < -0.39 is 10.0 Å². The van der Waals surface area contributed by atoms with Crippen molar-refractivity contribution in [2.75, 3.05) is 17.2 Å². The minimum Gasteiger partial charge on any atom is -0.497 e. The lowest BCUT2D eigenvalue weighted by Crippen LogP contribution is -2.42. The first kappa shape index (κ1) is 15.2. The second kappa shape index (κ2) is 5.85. The number of methoxy groups -OCH3 is 1. The van der Waals surface area contributed by atoms with Crippen LogP contribution < -0.4 is 9.04 Å². The molecule has 0 N–H and O–H groups in total. The maximum atomic E-state index is 13.0. The molecule has 1 aliphatic rings. The van der Waals surface area contributed by atoms with E-state index in [1.54, 1.807) is 43.1 Å². The average Bonchev–Trinajstić information content (AvgIpc) is 2.54. The molecule has 1 aliphatic heterocycles. The third-order valence-electron chi connectivity index (χ3n) is 3.60. The Morgan fingerprint density at radius 1 is 1.14 bits per heavy atom. The number of thioether (sulfide) groups is 1. The van der Waals surface area contributed by atoms with Crippen molar-refractivity contribution in [2.45, 2.75) is 22.8 Å². The number of sulfonamides is 1. The Morgan fingerprint density at radius 2 is 1.82 bits per heavy atom. The van der Waals surface area contributed by atoms with E-state index in [0.29, 0.717) is 5.75 Å². The van der Waals surface area contributed by atoms with Gasteiger partial charge in [-0.25, -0.2) is 8.42 Å². The van der Waals surface area contributed by atoms with Crippen LogP contribution in [0.3, 0.4) is 0 Å². The van der Waals surface area contributed by atoms with Gasteiger partial charge in [-0.15, -0.1) is 11.8 Å². The lowest BCUT2D eigenvalue weighted by atomic mass is 10.3. The van der Waals surface area contributed by atoms with Crippen LogP contribution in [-0.4, -0.2) is 27.3 Å². The molecule has 0 bridgehead atoms. The van der Waals surface area contributed by atoms with E-state index in [1.165, 1.54) is 4.31 Å². The first-order valence-electron chi connectivity index (χ1n) is 6.94. The van der Waals surface area contributed by atoms with Crippen LogP contribution in [0.15, 0.2) is 58.3 Å². The van der Waals surface area contributed by atoms with Crippen LogP contribution in [0.5, 0.6) is 5.75 Å². The SMILES string of the molecule is COc1ccc(S(=O)(=O)N2c3ccccc3SCC2C)cc1. The van der Waals surface area contributed by atoms with Crippen molar-refractivity contribution in [2.24, 2.45) is 0 Å². The quantitative estimate of drug-likeness (QED) is 0.863. The molecule has 2 aromatic rings. The fourth-order valence-corrected chi connectivity index (χ4v) is 5.39. The summed E-state index contributed by atoms with van der Waals surface area (Å²) in [6.07, 6.45) is 0. The number of fused-ring (bicyclic) bond motifs is 1. The molecule has 3 rings (SSSR count). The number of hydrogen-bond donors (Lipinski definition) is 0. The Bertz CT molecular complexity index is 772. The topological polar surface area (TPSA) is 46.6 Å². The molecule has 1 unspecified atom stereocenters. The number of hydrogen-bond acceptors (Lipinski definition) is 4. The van der Waals surface area contributed by atoms with Crippen molar-refractivity contribution < 1.29 is 13.2 Å². The molecule has 0 saturated carbocycles. The van der Waals surface area contributed by atoms with Gasteiger partial charge in [0.05, 0.1) is 23.7 Å². The number of para-hydroxylation sites is 1. The third kappa shape index (κ3) is 2.57. The van der Waals surface area contributed by atoms with Gasteiger partial charge < -0.3 is 4.74 Å². The summed E-state index contributed by atoms with van der Waals surface area (Å²) in [4.78, 5) is 1.28. The van der Waals surface area contributed by atoms with E-state index in [1.807, 2.05) is 31.2 Å². The predicted octanol–water partition coefficient (Wildman–Crippen LogP) is 3.38. The lowest BCUT2D eigenvalue weighted by Gasteiger charge is -2.35. The summed E-state index contributed by atoms with van der Waals surface area (Å²) in [5, 5.41) is 0. The molecule has 0 spiro atoms. The van der Waals surface area contributed by atoms with Crippen LogP contribution in [0.1, 0.15) is 6.92 Å². The summed E-state index contributed by atoms with van der Waals surface area (Å²) < 4.78 is 32.7. The van der Waals surface area contributed by atoms with E-state index in [-0.39, 0.29) is 10.9 Å². The first-order valence-corrected chi connectivity index (χ1v) is 9.37. The Hall–Kier alpha value is -1.66. The summed E-state index contributed by atoms with van der Waals surface area (Å²) in [5.41, 5.74) is 0.752. The zero-order valence-corrected chi connectivity index (χ0v) is 14.0. The molecule has 6 heteroatoms. The number of nitrogens with zero attached hydrogens (tertiary/aromatic N) is 1. The largest absolute Gasteiger partial charge is 0.497 e. The molecule has 0 radical (unpaired) electrons. The van der Waals surface area contributed by atoms with E-state index in [9.17, 15) is 8.42 Å². The highest BCUT2D eigenvalue weighted by Gasteiger charge is 2.33. The Balaban J connectivity index is 2.07. The van der Waals surface area contributed by atoms with Crippen molar-refractivity contribution in [3.63, 3.8) is 0 Å². The van der Waals surface area contributed by atoms with E-state index in [0.717, 1.165) is 16.3 Å². The van der Waals surface area contributed by atoms with Crippen LogP contribution in [-0.2, 0) is 10.0 Å². The highest BCUT2D eigenvalue weighted by molar-refractivity contribution is 8.00. The monoisotopic (exact) mass is 335 g/mol. The number of rotatable bonds is 3. The molecular formula is C16H17NO3S2. The molecule has 0 saturated heterocycles. The zero-order valence-electron chi connectivity index (χ0n) is 12.4. The van der Waals surface area contributed by atoms with Gasteiger partial charge in [0.15, 0.2) is 0 Å². The Kier molecular flexibility index (Phi) is 4.06. The summed E-state index contributed by atoms with van der Waals surface area (Å²) in [7, 11) is -2.03. The van der Waals surface area contributed by atoms with Gasteiger partial charge in [-0.1, -0.05) is 12.1 Å². The van der Waals surface area contributed by atoms with Crippen LogP contribution in [0, 0.1) is 0 Å². The van der Waals surface area contributed by atoms with Crippen LogP contribution >= 0.6 is 11.8 Å². The molecular weight excluding hydrogens is 318 g/mol. The normalized spacial score (nSPS) is 17.9. The molecule has 2 aromatic carbocycles. The summed E-state index contributed by atoms with van der Waals surface area (Å²) in [5.74, 6) is 1.38. The molecule has 0 amide bonds. The number of ether oxygens (including phenoxy) is 1. The van der Waals surface area contributed by atoms with Gasteiger partial charge in [0.2, 0.25) is 0 Å². The van der Waals surface area contributed by atoms with E-state index in [4.69, 9.17) is 4.74 Å². The van der Waals surface area contributed by atoms with Gasteiger partial charge in [-0.3, -0.25) is 4.31 Å². The lowest BCUT2D eigenvalue weighted by molar-refractivity contribution is 0.414. The summed E-state index contributed by atoms with van der Waals surface area (Å²) in [6.45, 7) is 1.93. The van der Waals surface area contributed by atoms with Crippen molar-refractivity contribution in [1.29, 1.82) is 0 Å². The maximum absolute atomic E-state index is 13.0. The molecule has 0 fully saturated rings. The first-order chi connectivity index (χ1) is 10.5. The molecule has 22 heavy (non-hydrogen) atoms. The van der Waals surface area contributed by atoms with Crippen molar-refractivity contribution in [3.05, 3.63) is 48.5 Å². The van der Waals surface area contributed by atoms with Crippen LogP contribution in [0.25, 0.3) is 0 Å². The minimum absolute atomic E-state index is 0.0907. The van der Waals surface area contributed by atoms with Gasteiger partial charge >= 0.3 is 0 Å². The van der Waals surface area contributed by atoms with Gasteiger partial charge in [-0.2, -0.15) is 0 Å². The Labute approximate surface area is 135 Å². The summed E-state index contributed by atoms with van der Waals surface area (Å²) in [6, 6.07) is 14.0. The molecule has 0 aliphatic carbocycles. The van der Waals surface area contributed by atoms with Gasteiger partial charge in [0.25, 0.3) is 10.0 Å². The maximum Gasteiger partial charge on any atom is 0.264 e. The Morgan fingerprint density at radius 3 is 2.50 bits per heavy atom. The molecule has 1 atom stereocenters. The highest BCUT2D eigenvalue weighted by Crippen LogP contribution is 2.40. The van der Waals surface area contributed by atoms with Crippen molar-refractivity contribution in [1.82, 2.24) is 0 Å². The highest BCUT2D eigenvalue weighted by atomic mass is 32.2. The zero-order chi connectivity index (χ0) is 15.7. The predicted molar refractivity (Wildman–Crippen MR) is 89.3 cm³/mol. The fraction of sp³-hybridized carbons (Fsp3) is 0.250. The second-order valence-corrected chi connectivity index (χ2v) is 7.98. The molecule has 116 valence electrons. The van der Waals surface area contributed by atoms with Gasteiger partial charge in [-0.05, 0) is 43.3 Å². The van der Waals surface area contributed by atoms with Gasteiger partial charge in [0.1, 0.15) is 5.75 Å². The molecule has 1 heterocycles. The van der Waals surface area contributed by atoms with Gasteiger partial charge in [0, 0.05) is 10.6 Å². The van der Waals surface area contributed by atoms with Crippen molar-refractivity contribution >= 4 is 27.5 Å². The number of anilines is 1. The minimum atomic E-state index is -3.59. The fourth-order valence-electron chi connectivity index (χ4n) is 2.50. The molecule has 0 aromatic heterocycles. The van der Waals surface area contributed by atoms with E-state index in [2.05, 4.69) is 0 Å². The second-order valence-electron chi connectivity index (χ2n) is 5.10. The average molecular weight is 335 g/mol. The van der Waals surface area contributed by atoms with Crippen LogP contribution in [0.4, 0.5) is 5.69 Å². The molecule has 4 nitrogen and oxygen atoms in total. The third-order valence-corrected chi connectivity index (χ3v) is 6.85. The summed E-state index contributed by atoms with van der Waals surface area (Å²) >= 11 is 1.69. The number of benzene rings is 2. The van der Waals surface area contributed by atoms with Crippen molar-refractivity contribution in [3.8, 4) is 5.75 Å². The smallest absolute Gasteiger partial charge is 0.264 e. The standard InChI is InChI=1S/C16H17NO3S2/c1-12-11-21-16-6-4-3-5-15(16)17(12)22(18,19)14-9-7-13(20-2)8-10-14/h3-10,12H,11H2,1-2H3.